The maximum Gasteiger partial charge on any atom is 0.107 e. The zero-order valence-electron chi connectivity index (χ0n) is 4.22. The van der Waals surface area contributed by atoms with Crippen LogP contribution >= 0.6 is 12.2 Å². The molecule has 3 heteroatoms. The van der Waals surface area contributed by atoms with Crippen LogP contribution < -0.4 is 5.32 Å². The molecule has 0 unspecified atom stereocenters. The lowest BCUT2D eigenvalue weighted by Crippen LogP contribution is -1.89. The van der Waals surface area contributed by atoms with Crippen LogP contribution in [0.2, 0.25) is 0 Å². The monoisotopic (exact) mass is 126 g/mol. The second-order valence-corrected chi connectivity index (χ2v) is 1.58. The summed E-state index contributed by atoms with van der Waals surface area (Å²) in [4.78, 5) is 2.93. The molecule has 0 aliphatic rings. The first-order valence-corrected chi connectivity index (χ1v) is 2.74. The molecule has 2 nitrogen and oxygen atoms in total. The van der Waals surface area contributed by atoms with Crippen molar-refractivity contribution in [1.29, 1.82) is 0 Å². The van der Waals surface area contributed by atoms with E-state index < -0.39 is 0 Å². The van der Waals surface area contributed by atoms with Crippen molar-refractivity contribution in [1.82, 2.24) is 4.98 Å². The molecule has 0 bridgehead atoms. The third-order valence-electron chi connectivity index (χ3n) is 0.812. The summed E-state index contributed by atoms with van der Waals surface area (Å²) in [6.07, 6.45) is 1.83. The summed E-state index contributed by atoms with van der Waals surface area (Å²) < 4.78 is 0. The second kappa shape index (κ2) is 2.47. The first-order valence-electron chi connectivity index (χ1n) is 2.27. The minimum Gasteiger partial charge on any atom is -0.348 e. The third-order valence-corrected chi connectivity index (χ3v) is 0.930. The number of hydrogen-bond acceptors (Lipinski definition) is 1. The summed E-state index contributed by atoms with van der Waals surface area (Å²) in [6.45, 7) is 0. The van der Waals surface area contributed by atoms with E-state index in [4.69, 9.17) is 0 Å². The summed E-state index contributed by atoms with van der Waals surface area (Å²) in [5.41, 5.74) is 1.46. The Kier molecular flexibility index (Phi) is 1.64. The molecule has 1 aromatic rings. The summed E-state index contributed by atoms with van der Waals surface area (Å²) in [5, 5.41) is 2.82. The number of thiocarbonyl (C=S) groups is 1. The van der Waals surface area contributed by atoms with Gasteiger partial charge in [-0.1, -0.05) is 12.2 Å². The number of H-pyrrole nitrogens is 1. The lowest BCUT2D eigenvalue weighted by Gasteiger charge is -1.88. The molecular formula is C5H6N2S. The van der Waals surface area contributed by atoms with Gasteiger partial charge in [0.05, 0.1) is 5.49 Å². The van der Waals surface area contributed by atoms with Crippen molar-refractivity contribution in [2.24, 2.45) is 0 Å². The molecule has 0 aliphatic carbocycles. The van der Waals surface area contributed by atoms with E-state index in [1.807, 2.05) is 18.3 Å². The van der Waals surface area contributed by atoms with Gasteiger partial charge in [-0.2, -0.15) is 0 Å². The smallest absolute Gasteiger partial charge is 0.107 e. The molecule has 0 saturated heterocycles. The predicted octanol–water partition coefficient (Wildman–Crippen LogP) is 1.38. The minimum absolute atomic E-state index is 0.931. The Bertz CT molecular complexity index is 157. The van der Waals surface area contributed by atoms with Crippen molar-refractivity contribution in [2.75, 3.05) is 5.32 Å². The number of anilines is 1. The Morgan fingerprint density at radius 3 is 3.12 bits per heavy atom. The van der Waals surface area contributed by atoms with Crippen molar-refractivity contribution >= 4 is 23.5 Å². The highest BCUT2D eigenvalue weighted by Crippen LogP contribution is 1.97. The van der Waals surface area contributed by atoms with Gasteiger partial charge in [-0.3, -0.25) is 0 Å². The number of aromatic amines is 1. The molecule has 2 N–H and O–H groups in total. The molecular weight excluding hydrogens is 120 g/mol. The van der Waals surface area contributed by atoms with Crippen LogP contribution in [0.5, 0.6) is 0 Å². The van der Waals surface area contributed by atoms with Crippen LogP contribution in [0, 0.1) is 0 Å². The molecule has 42 valence electrons. The zero-order valence-corrected chi connectivity index (χ0v) is 5.03. The van der Waals surface area contributed by atoms with Crippen LogP contribution in [0.25, 0.3) is 0 Å². The number of hydrogen-bond donors (Lipinski definition) is 2. The van der Waals surface area contributed by atoms with Crippen molar-refractivity contribution < 1.29 is 0 Å². The average molecular weight is 126 g/mol. The van der Waals surface area contributed by atoms with Gasteiger partial charge < -0.3 is 10.3 Å². The van der Waals surface area contributed by atoms with Gasteiger partial charge in [-0.05, 0) is 12.1 Å². The maximum atomic E-state index is 4.54. The van der Waals surface area contributed by atoms with E-state index in [1.165, 1.54) is 5.49 Å². The largest absolute Gasteiger partial charge is 0.348 e. The van der Waals surface area contributed by atoms with Gasteiger partial charge in [0, 0.05) is 6.20 Å². The number of nitrogens with one attached hydrogen (secondary N) is 2. The Labute approximate surface area is 52.9 Å². The number of rotatable bonds is 2. The van der Waals surface area contributed by atoms with Crippen molar-refractivity contribution in [3.63, 3.8) is 0 Å². The summed E-state index contributed by atoms with van der Waals surface area (Å²) in [7, 11) is 0. The van der Waals surface area contributed by atoms with Gasteiger partial charge in [-0.15, -0.1) is 0 Å². The lowest BCUT2D eigenvalue weighted by molar-refractivity contribution is 1.41. The molecule has 0 fully saturated rings. The maximum absolute atomic E-state index is 4.54. The topological polar surface area (TPSA) is 27.8 Å². The Morgan fingerprint density at radius 2 is 2.62 bits per heavy atom. The van der Waals surface area contributed by atoms with E-state index in [0.717, 1.165) is 5.82 Å². The molecule has 0 radical (unpaired) electrons. The Hall–Kier alpha value is -0.830. The van der Waals surface area contributed by atoms with E-state index in [-0.39, 0.29) is 0 Å². The normalized spacial score (nSPS) is 8.50. The molecule has 0 saturated carbocycles. The van der Waals surface area contributed by atoms with Crippen molar-refractivity contribution in [2.45, 2.75) is 0 Å². The minimum atomic E-state index is 0.931. The SMILES string of the molecule is S=CNc1ccc[nH]1. The molecule has 0 amide bonds. The van der Waals surface area contributed by atoms with Crippen molar-refractivity contribution in [3.05, 3.63) is 18.3 Å². The first-order chi connectivity index (χ1) is 3.93. The van der Waals surface area contributed by atoms with Gasteiger partial charge in [-0.25, -0.2) is 0 Å². The molecule has 1 aromatic heterocycles. The Morgan fingerprint density at radius 1 is 1.75 bits per heavy atom. The van der Waals surface area contributed by atoms with Gasteiger partial charge >= 0.3 is 0 Å². The van der Waals surface area contributed by atoms with Crippen LogP contribution in [-0.4, -0.2) is 10.5 Å². The highest BCUT2D eigenvalue weighted by Gasteiger charge is 1.81. The molecule has 0 spiro atoms. The van der Waals surface area contributed by atoms with Gasteiger partial charge in [0.2, 0.25) is 0 Å². The van der Waals surface area contributed by atoms with Crippen LogP contribution in [0.3, 0.4) is 0 Å². The van der Waals surface area contributed by atoms with Crippen LogP contribution in [-0.2, 0) is 0 Å². The quantitative estimate of drug-likeness (QED) is 0.586. The summed E-state index contributed by atoms with van der Waals surface area (Å²) >= 11 is 4.54. The second-order valence-electron chi connectivity index (χ2n) is 1.35. The predicted molar refractivity (Wildman–Crippen MR) is 38.1 cm³/mol. The fraction of sp³-hybridized carbons (Fsp3) is 0. The Balaban J connectivity index is 2.62. The fourth-order valence-electron chi connectivity index (χ4n) is 0.484. The van der Waals surface area contributed by atoms with Crippen LogP contribution in [0.1, 0.15) is 0 Å². The van der Waals surface area contributed by atoms with E-state index in [2.05, 4.69) is 22.5 Å². The highest BCUT2D eigenvalue weighted by atomic mass is 32.1. The summed E-state index contributed by atoms with van der Waals surface area (Å²) in [6, 6.07) is 3.81. The first kappa shape index (κ1) is 5.31. The van der Waals surface area contributed by atoms with E-state index in [9.17, 15) is 0 Å². The van der Waals surface area contributed by atoms with Gasteiger partial charge in [0.15, 0.2) is 0 Å². The molecule has 0 atom stereocenters. The summed E-state index contributed by atoms with van der Waals surface area (Å²) in [5.74, 6) is 0.931. The number of aromatic nitrogens is 1. The fourth-order valence-corrected chi connectivity index (χ4v) is 0.611. The molecule has 1 heterocycles. The van der Waals surface area contributed by atoms with Crippen molar-refractivity contribution in [3.8, 4) is 0 Å². The molecule has 0 aliphatic heterocycles. The van der Waals surface area contributed by atoms with E-state index in [0.29, 0.717) is 0 Å². The van der Waals surface area contributed by atoms with Gasteiger partial charge in [0.1, 0.15) is 5.82 Å². The van der Waals surface area contributed by atoms with Crippen LogP contribution in [0.15, 0.2) is 18.3 Å². The average Bonchev–Trinajstić information content (AvgIpc) is 2.19. The third kappa shape index (κ3) is 1.07. The van der Waals surface area contributed by atoms with E-state index >= 15 is 0 Å². The lowest BCUT2D eigenvalue weighted by atomic mass is 10.6. The standard InChI is InChI=1S/C5H6N2S/c8-4-7-5-2-1-3-6-5/h1-4,6H,(H,7,8). The zero-order chi connectivity index (χ0) is 5.82. The molecule has 0 aromatic carbocycles. The van der Waals surface area contributed by atoms with E-state index in [1.54, 1.807) is 0 Å². The molecule has 1 rings (SSSR count). The molecule has 8 heavy (non-hydrogen) atoms. The van der Waals surface area contributed by atoms with Gasteiger partial charge in [0.25, 0.3) is 0 Å². The highest BCUT2D eigenvalue weighted by molar-refractivity contribution is 7.79. The van der Waals surface area contributed by atoms with Crippen LogP contribution in [0.4, 0.5) is 5.82 Å².